The molecule has 0 bridgehead atoms. The quantitative estimate of drug-likeness (QED) is 0.411. The predicted octanol–water partition coefficient (Wildman–Crippen LogP) is 3.73. The lowest BCUT2D eigenvalue weighted by atomic mass is 10.1. The molecular weight excluding hydrogens is 406 g/mol. The van der Waals surface area contributed by atoms with Crippen LogP contribution in [0.25, 0.3) is 6.08 Å². The van der Waals surface area contributed by atoms with Gasteiger partial charge < -0.3 is 10.1 Å². The number of methoxy groups -OCH3 is 1. The highest BCUT2D eigenvalue weighted by Gasteiger charge is 2.09. The zero-order chi connectivity index (χ0) is 22.9. The molecule has 7 heteroatoms. The molecule has 3 aromatic rings. The molecule has 0 unspecified atom stereocenters. The van der Waals surface area contributed by atoms with E-state index in [1.807, 2.05) is 31.2 Å². The molecule has 0 spiro atoms. The number of ether oxygens (including phenoxy) is 1. The fourth-order valence-corrected chi connectivity index (χ4v) is 2.90. The van der Waals surface area contributed by atoms with E-state index in [0.717, 1.165) is 11.1 Å². The Balaban J connectivity index is 1.52. The number of amides is 3. The zero-order valence-electron chi connectivity index (χ0n) is 17.7. The van der Waals surface area contributed by atoms with E-state index in [9.17, 15) is 14.4 Å². The maximum Gasteiger partial charge on any atom is 0.269 e. The first-order valence-electron chi connectivity index (χ1n) is 9.86. The van der Waals surface area contributed by atoms with Gasteiger partial charge >= 0.3 is 0 Å². The Morgan fingerprint density at radius 2 is 1.56 bits per heavy atom. The van der Waals surface area contributed by atoms with Crippen LogP contribution in [0, 0.1) is 6.92 Å². The highest BCUT2D eigenvalue weighted by atomic mass is 16.5. The number of hydrogen-bond acceptors (Lipinski definition) is 4. The SMILES string of the molecule is COc1ccccc1C=CC(=O)NNC(=O)c1ccc(NC(=O)c2cccc(C)c2)cc1. The first-order chi connectivity index (χ1) is 15.5. The van der Waals surface area contributed by atoms with Crippen molar-refractivity contribution >= 4 is 29.5 Å². The van der Waals surface area contributed by atoms with Crippen molar-refractivity contribution in [3.8, 4) is 5.75 Å². The van der Waals surface area contributed by atoms with E-state index in [-0.39, 0.29) is 5.91 Å². The van der Waals surface area contributed by atoms with Crippen molar-refractivity contribution in [3.63, 3.8) is 0 Å². The Bertz CT molecular complexity index is 1150. The van der Waals surface area contributed by atoms with Gasteiger partial charge in [-0.05, 0) is 55.5 Å². The standard InChI is InChI=1S/C25H23N3O4/c1-17-6-5-8-20(16-17)24(30)26-21-13-10-19(11-14-21)25(31)28-27-23(29)15-12-18-7-3-4-9-22(18)32-2/h3-16H,1-2H3,(H,26,30)(H,27,29)(H,28,31). The second-order valence-corrected chi connectivity index (χ2v) is 6.92. The molecule has 0 atom stereocenters. The first kappa shape index (κ1) is 22.3. The van der Waals surface area contributed by atoms with Crippen LogP contribution in [0.2, 0.25) is 0 Å². The van der Waals surface area contributed by atoms with E-state index < -0.39 is 11.8 Å². The third-order valence-corrected chi connectivity index (χ3v) is 4.54. The highest BCUT2D eigenvalue weighted by molar-refractivity contribution is 6.04. The lowest BCUT2D eigenvalue weighted by molar-refractivity contribution is -0.117. The Morgan fingerprint density at radius 1 is 0.812 bits per heavy atom. The summed E-state index contributed by atoms with van der Waals surface area (Å²) >= 11 is 0. The minimum absolute atomic E-state index is 0.236. The lowest BCUT2D eigenvalue weighted by Crippen LogP contribution is -2.40. The van der Waals surface area contributed by atoms with Gasteiger partial charge in [0.2, 0.25) is 0 Å². The summed E-state index contributed by atoms with van der Waals surface area (Å²) in [6.45, 7) is 1.91. The monoisotopic (exact) mass is 429 g/mol. The average Bonchev–Trinajstić information content (AvgIpc) is 2.81. The van der Waals surface area contributed by atoms with Crippen LogP contribution in [-0.2, 0) is 4.79 Å². The van der Waals surface area contributed by atoms with Crippen LogP contribution in [0.5, 0.6) is 5.75 Å². The molecule has 32 heavy (non-hydrogen) atoms. The molecular formula is C25H23N3O4. The summed E-state index contributed by atoms with van der Waals surface area (Å²) in [4.78, 5) is 36.6. The number of carbonyl (C=O) groups excluding carboxylic acids is 3. The molecule has 3 aromatic carbocycles. The van der Waals surface area contributed by atoms with Crippen molar-refractivity contribution in [3.05, 3.63) is 101 Å². The summed E-state index contributed by atoms with van der Waals surface area (Å²) in [5, 5.41) is 2.78. The van der Waals surface area contributed by atoms with Gasteiger partial charge in [-0.1, -0.05) is 35.9 Å². The van der Waals surface area contributed by atoms with Gasteiger partial charge in [0.05, 0.1) is 7.11 Å². The summed E-state index contributed by atoms with van der Waals surface area (Å²) in [6, 6.07) is 20.8. The molecule has 0 aliphatic carbocycles. The first-order valence-corrected chi connectivity index (χ1v) is 9.86. The van der Waals surface area contributed by atoms with Gasteiger partial charge in [-0.3, -0.25) is 25.2 Å². The third kappa shape index (κ3) is 6.06. The Kier molecular flexibility index (Phi) is 7.37. The number of aryl methyl sites for hydroxylation is 1. The summed E-state index contributed by atoms with van der Waals surface area (Å²) in [5.74, 6) is -0.581. The van der Waals surface area contributed by atoms with E-state index in [1.54, 1.807) is 61.7 Å². The molecule has 0 fully saturated rings. The molecule has 0 heterocycles. The van der Waals surface area contributed by atoms with Gasteiger partial charge in [-0.25, -0.2) is 0 Å². The summed E-state index contributed by atoms with van der Waals surface area (Å²) in [5.41, 5.74) is 7.83. The molecule has 0 radical (unpaired) electrons. The van der Waals surface area contributed by atoms with Crippen LogP contribution in [-0.4, -0.2) is 24.8 Å². The highest BCUT2D eigenvalue weighted by Crippen LogP contribution is 2.18. The second-order valence-electron chi connectivity index (χ2n) is 6.92. The van der Waals surface area contributed by atoms with E-state index >= 15 is 0 Å². The molecule has 0 saturated carbocycles. The van der Waals surface area contributed by atoms with Crippen molar-refractivity contribution in [2.45, 2.75) is 6.92 Å². The van der Waals surface area contributed by atoms with Crippen molar-refractivity contribution < 1.29 is 19.1 Å². The minimum atomic E-state index is -0.494. The number of hydrogen-bond donors (Lipinski definition) is 3. The van der Waals surface area contributed by atoms with Crippen LogP contribution < -0.4 is 20.9 Å². The van der Waals surface area contributed by atoms with Crippen LogP contribution >= 0.6 is 0 Å². The third-order valence-electron chi connectivity index (χ3n) is 4.54. The van der Waals surface area contributed by atoms with Gasteiger partial charge in [0.15, 0.2) is 0 Å². The number of hydrazine groups is 1. The molecule has 0 aromatic heterocycles. The normalized spacial score (nSPS) is 10.4. The summed E-state index contributed by atoms with van der Waals surface area (Å²) in [6.07, 6.45) is 2.88. The smallest absolute Gasteiger partial charge is 0.269 e. The van der Waals surface area contributed by atoms with Crippen molar-refractivity contribution in [2.24, 2.45) is 0 Å². The average molecular weight is 429 g/mol. The molecule has 7 nitrogen and oxygen atoms in total. The van der Waals surface area contributed by atoms with E-state index in [2.05, 4.69) is 16.2 Å². The number of rotatable bonds is 6. The predicted molar refractivity (Wildman–Crippen MR) is 123 cm³/mol. The molecule has 0 aliphatic heterocycles. The Labute approximate surface area is 186 Å². The zero-order valence-corrected chi connectivity index (χ0v) is 17.7. The van der Waals surface area contributed by atoms with E-state index in [0.29, 0.717) is 22.6 Å². The fourth-order valence-electron chi connectivity index (χ4n) is 2.90. The molecule has 3 rings (SSSR count). The Hall–Kier alpha value is -4.39. The minimum Gasteiger partial charge on any atom is -0.496 e. The second kappa shape index (κ2) is 10.6. The molecule has 3 N–H and O–H groups in total. The maximum absolute atomic E-state index is 12.3. The molecule has 3 amide bonds. The van der Waals surface area contributed by atoms with Crippen molar-refractivity contribution in [2.75, 3.05) is 12.4 Å². The largest absolute Gasteiger partial charge is 0.496 e. The van der Waals surface area contributed by atoms with Crippen molar-refractivity contribution in [1.29, 1.82) is 0 Å². The number of nitrogens with one attached hydrogen (secondary N) is 3. The summed E-state index contributed by atoms with van der Waals surface area (Å²) in [7, 11) is 1.55. The number of para-hydroxylation sites is 1. The van der Waals surface area contributed by atoms with Gasteiger partial charge in [-0.2, -0.15) is 0 Å². The molecule has 0 saturated heterocycles. The summed E-state index contributed by atoms with van der Waals surface area (Å²) < 4.78 is 5.22. The topological polar surface area (TPSA) is 96.5 Å². The van der Waals surface area contributed by atoms with E-state index in [4.69, 9.17) is 4.74 Å². The van der Waals surface area contributed by atoms with Gasteiger partial charge in [0, 0.05) is 28.5 Å². The van der Waals surface area contributed by atoms with Gasteiger partial charge in [0.1, 0.15) is 5.75 Å². The van der Waals surface area contributed by atoms with Crippen LogP contribution in [0.3, 0.4) is 0 Å². The van der Waals surface area contributed by atoms with Gasteiger partial charge in [-0.15, -0.1) is 0 Å². The lowest BCUT2D eigenvalue weighted by Gasteiger charge is -2.08. The van der Waals surface area contributed by atoms with Gasteiger partial charge in [0.25, 0.3) is 17.7 Å². The van der Waals surface area contributed by atoms with Crippen LogP contribution in [0.1, 0.15) is 31.8 Å². The molecule has 0 aliphatic rings. The fraction of sp³-hybridized carbons (Fsp3) is 0.0800. The van der Waals surface area contributed by atoms with E-state index in [1.165, 1.54) is 6.08 Å². The molecule has 162 valence electrons. The Morgan fingerprint density at radius 3 is 2.28 bits per heavy atom. The number of carbonyl (C=O) groups is 3. The number of benzene rings is 3. The maximum atomic E-state index is 12.3. The van der Waals surface area contributed by atoms with Crippen LogP contribution in [0.15, 0.2) is 78.9 Å². The number of anilines is 1. The van der Waals surface area contributed by atoms with Crippen molar-refractivity contribution in [1.82, 2.24) is 10.9 Å². The van der Waals surface area contributed by atoms with Crippen LogP contribution in [0.4, 0.5) is 5.69 Å².